The molecule has 0 radical (unpaired) electrons. The van der Waals surface area contributed by atoms with Gasteiger partial charge in [0, 0.05) is 17.8 Å². The molecule has 0 aliphatic carbocycles. The molecule has 132 valence electrons. The number of aromatic nitrogens is 2. The van der Waals surface area contributed by atoms with Crippen LogP contribution in [0.2, 0.25) is 5.02 Å². The number of nitrogens with zero attached hydrogens (tertiary/aromatic N) is 2. The molecule has 1 unspecified atom stereocenters. The van der Waals surface area contributed by atoms with E-state index >= 15 is 0 Å². The first kappa shape index (κ1) is 17.8. The molecular formula is C19H16ClFN4O. The lowest BCUT2D eigenvalue weighted by Crippen LogP contribution is -2.15. The third-order valence-corrected chi connectivity index (χ3v) is 4.03. The molecule has 7 heteroatoms. The SMILES string of the molecule is CC(Nc1cc(C(=O)Nc2ccc(F)c(Cl)c2)ncn1)c1ccccc1. The average Bonchev–Trinajstić information content (AvgIpc) is 2.65. The molecule has 0 fully saturated rings. The Bertz CT molecular complexity index is 920. The highest BCUT2D eigenvalue weighted by atomic mass is 35.5. The number of carbonyl (C=O) groups excluding carboxylic acids is 1. The molecule has 1 heterocycles. The Balaban J connectivity index is 1.72. The number of amides is 1. The van der Waals surface area contributed by atoms with E-state index in [1.807, 2.05) is 37.3 Å². The molecule has 0 aliphatic rings. The quantitative estimate of drug-likeness (QED) is 0.683. The van der Waals surface area contributed by atoms with Gasteiger partial charge >= 0.3 is 0 Å². The van der Waals surface area contributed by atoms with Crippen LogP contribution in [0.15, 0.2) is 60.9 Å². The van der Waals surface area contributed by atoms with Gasteiger partial charge < -0.3 is 10.6 Å². The normalized spacial score (nSPS) is 11.7. The van der Waals surface area contributed by atoms with Crippen molar-refractivity contribution < 1.29 is 9.18 Å². The second kappa shape index (κ2) is 7.93. The van der Waals surface area contributed by atoms with E-state index in [-0.39, 0.29) is 16.8 Å². The molecule has 3 rings (SSSR count). The van der Waals surface area contributed by atoms with Gasteiger partial charge in [0.25, 0.3) is 5.91 Å². The van der Waals surface area contributed by atoms with Gasteiger partial charge in [-0.25, -0.2) is 14.4 Å². The van der Waals surface area contributed by atoms with Crippen molar-refractivity contribution in [2.24, 2.45) is 0 Å². The number of carbonyl (C=O) groups is 1. The largest absolute Gasteiger partial charge is 0.363 e. The summed E-state index contributed by atoms with van der Waals surface area (Å²) in [5, 5.41) is 5.80. The summed E-state index contributed by atoms with van der Waals surface area (Å²) >= 11 is 5.72. The van der Waals surface area contributed by atoms with E-state index in [1.165, 1.54) is 24.5 Å². The molecule has 0 bridgehead atoms. The average molecular weight is 371 g/mol. The lowest BCUT2D eigenvalue weighted by molar-refractivity contribution is 0.102. The number of anilines is 2. The van der Waals surface area contributed by atoms with Gasteiger partial charge in [0.2, 0.25) is 0 Å². The zero-order chi connectivity index (χ0) is 18.5. The molecule has 26 heavy (non-hydrogen) atoms. The van der Waals surface area contributed by atoms with Crippen molar-refractivity contribution in [1.29, 1.82) is 0 Å². The van der Waals surface area contributed by atoms with Crippen molar-refractivity contribution >= 4 is 29.0 Å². The Labute approximate surface area is 155 Å². The van der Waals surface area contributed by atoms with Gasteiger partial charge in [0.05, 0.1) is 5.02 Å². The predicted molar refractivity (Wildman–Crippen MR) is 99.9 cm³/mol. The number of hydrogen-bond donors (Lipinski definition) is 2. The fourth-order valence-electron chi connectivity index (χ4n) is 2.38. The van der Waals surface area contributed by atoms with Crippen LogP contribution in [0, 0.1) is 5.82 Å². The summed E-state index contributed by atoms with van der Waals surface area (Å²) in [6.07, 6.45) is 1.31. The van der Waals surface area contributed by atoms with Crippen LogP contribution < -0.4 is 10.6 Å². The predicted octanol–water partition coefficient (Wildman–Crippen LogP) is 4.69. The number of halogens is 2. The summed E-state index contributed by atoms with van der Waals surface area (Å²) in [5.41, 5.74) is 1.66. The van der Waals surface area contributed by atoms with E-state index in [2.05, 4.69) is 20.6 Å². The van der Waals surface area contributed by atoms with E-state index in [9.17, 15) is 9.18 Å². The lowest BCUT2D eigenvalue weighted by atomic mass is 10.1. The van der Waals surface area contributed by atoms with Crippen molar-refractivity contribution in [2.45, 2.75) is 13.0 Å². The first-order valence-electron chi connectivity index (χ1n) is 7.93. The molecule has 1 amide bonds. The molecule has 0 spiro atoms. The van der Waals surface area contributed by atoms with Crippen LogP contribution in [0.5, 0.6) is 0 Å². The highest BCUT2D eigenvalue weighted by Crippen LogP contribution is 2.21. The Morgan fingerprint density at radius 2 is 1.88 bits per heavy atom. The first-order chi connectivity index (χ1) is 12.5. The maximum Gasteiger partial charge on any atom is 0.274 e. The summed E-state index contributed by atoms with van der Waals surface area (Å²) < 4.78 is 13.2. The fourth-order valence-corrected chi connectivity index (χ4v) is 2.56. The van der Waals surface area contributed by atoms with Crippen molar-refractivity contribution in [3.05, 3.63) is 83.0 Å². The highest BCUT2D eigenvalue weighted by molar-refractivity contribution is 6.31. The fraction of sp³-hybridized carbons (Fsp3) is 0.105. The van der Waals surface area contributed by atoms with Gasteiger partial charge in [0.15, 0.2) is 0 Å². The van der Waals surface area contributed by atoms with Crippen LogP contribution in [-0.2, 0) is 0 Å². The Kier molecular flexibility index (Phi) is 5.43. The third kappa shape index (κ3) is 4.34. The van der Waals surface area contributed by atoms with Gasteiger partial charge in [-0.2, -0.15) is 0 Å². The summed E-state index contributed by atoms with van der Waals surface area (Å²) in [6, 6.07) is 15.4. The highest BCUT2D eigenvalue weighted by Gasteiger charge is 2.12. The zero-order valence-corrected chi connectivity index (χ0v) is 14.7. The minimum Gasteiger partial charge on any atom is -0.363 e. The Morgan fingerprint density at radius 3 is 2.62 bits per heavy atom. The maximum absolute atomic E-state index is 13.2. The van der Waals surface area contributed by atoms with Crippen molar-refractivity contribution in [3.8, 4) is 0 Å². The number of nitrogens with one attached hydrogen (secondary N) is 2. The molecule has 0 aliphatic heterocycles. The van der Waals surface area contributed by atoms with Crippen LogP contribution in [0.4, 0.5) is 15.9 Å². The zero-order valence-electron chi connectivity index (χ0n) is 13.9. The van der Waals surface area contributed by atoms with Gasteiger partial charge in [-0.15, -0.1) is 0 Å². The maximum atomic E-state index is 13.2. The molecule has 2 N–H and O–H groups in total. The third-order valence-electron chi connectivity index (χ3n) is 3.74. The Morgan fingerprint density at radius 1 is 1.12 bits per heavy atom. The van der Waals surface area contributed by atoms with Crippen LogP contribution in [0.1, 0.15) is 29.0 Å². The molecule has 3 aromatic rings. The minimum absolute atomic E-state index is 0.0120. The first-order valence-corrected chi connectivity index (χ1v) is 8.30. The molecule has 1 atom stereocenters. The molecule has 0 saturated carbocycles. The number of rotatable bonds is 5. The molecule has 2 aromatic carbocycles. The molecular weight excluding hydrogens is 355 g/mol. The smallest absolute Gasteiger partial charge is 0.274 e. The lowest BCUT2D eigenvalue weighted by Gasteiger charge is -2.15. The summed E-state index contributed by atoms with van der Waals surface area (Å²) in [6.45, 7) is 2.00. The monoisotopic (exact) mass is 370 g/mol. The van der Waals surface area contributed by atoms with Gasteiger partial charge in [-0.1, -0.05) is 41.9 Å². The van der Waals surface area contributed by atoms with Crippen molar-refractivity contribution in [2.75, 3.05) is 10.6 Å². The summed E-state index contributed by atoms with van der Waals surface area (Å²) in [5.74, 6) is -0.461. The van der Waals surface area contributed by atoms with Crippen LogP contribution in [0.25, 0.3) is 0 Å². The van der Waals surface area contributed by atoms with Crippen molar-refractivity contribution in [1.82, 2.24) is 9.97 Å². The Hall–Kier alpha value is -2.99. The van der Waals surface area contributed by atoms with E-state index in [0.717, 1.165) is 5.56 Å². The molecule has 1 aromatic heterocycles. The van der Waals surface area contributed by atoms with E-state index in [1.54, 1.807) is 6.07 Å². The standard InChI is InChI=1S/C19H16ClFN4O/c1-12(13-5-3-2-4-6-13)24-18-10-17(22-11-23-18)19(26)25-14-7-8-16(21)15(20)9-14/h2-12H,1H3,(H,25,26)(H,22,23,24). The minimum atomic E-state index is -0.548. The van der Waals surface area contributed by atoms with Gasteiger partial charge in [-0.3, -0.25) is 4.79 Å². The number of hydrogen-bond acceptors (Lipinski definition) is 4. The van der Waals surface area contributed by atoms with Gasteiger partial charge in [0.1, 0.15) is 23.7 Å². The second-order valence-electron chi connectivity index (χ2n) is 5.65. The second-order valence-corrected chi connectivity index (χ2v) is 6.06. The number of benzene rings is 2. The summed E-state index contributed by atoms with van der Waals surface area (Å²) in [7, 11) is 0. The van der Waals surface area contributed by atoms with Crippen LogP contribution in [-0.4, -0.2) is 15.9 Å². The molecule has 5 nitrogen and oxygen atoms in total. The van der Waals surface area contributed by atoms with Gasteiger partial charge in [-0.05, 0) is 30.7 Å². The van der Waals surface area contributed by atoms with E-state index in [4.69, 9.17) is 11.6 Å². The van der Waals surface area contributed by atoms with Crippen molar-refractivity contribution in [3.63, 3.8) is 0 Å². The topological polar surface area (TPSA) is 66.9 Å². The van der Waals surface area contributed by atoms with E-state index < -0.39 is 11.7 Å². The summed E-state index contributed by atoms with van der Waals surface area (Å²) in [4.78, 5) is 20.5. The van der Waals surface area contributed by atoms with E-state index in [0.29, 0.717) is 11.5 Å². The van der Waals surface area contributed by atoms with Crippen LogP contribution >= 0.6 is 11.6 Å². The molecule has 0 saturated heterocycles. The van der Waals surface area contributed by atoms with Crippen LogP contribution in [0.3, 0.4) is 0 Å².